The maximum Gasteiger partial charge on any atom is 0.239 e. The molecule has 1 aromatic rings. The summed E-state index contributed by atoms with van der Waals surface area (Å²) in [5, 5.41) is 0. The van der Waals surface area contributed by atoms with Gasteiger partial charge in [0.2, 0.25) is 5.91 Å². The van der Waals surface area contributed by atoms with Crippen molar-refractivity contribution in [2.75, 3.05) is 13.1 Å². The summed E-state index contributed by atoms with van der Waals surface area (Å²) in [5.41, 5.74) is 5.96. The smallest absolute Gasteiger partial charge is 0.239 e. The average Bonchev–Trinajstić information content (AvgIpc) is 2.84. The Bertz CT molecular complexity index is 443. The maximum absolute atomic E-state index is 12.3. The predicted molar refractivity (Wildman–Crippen MR) is 79.1 cm³/mol. The summed E-state index contributed by atoms with van der Waals surface area (Å²) >= 11 is 0. The number of nitrogens with two attached hydrogens (primary N) is 1. The Kier molecular flexibility index (Phi) is 5.17. The third kappa shape index (κ3) is 3.60. The maximum atomic E-state index is 12.3. The molecule has 1 saturated heterocycles. The lowest BCUT2D eigenvalue weighted by Crippen LogP contribution is -2.48. The second-order valence-corrected chi connectivity index (χ2v) is 5.85. The molecule has 1 fully saturated rings. The van der Waals surface area contributed by atoms with E-state index in [4.69, 9.17) is 5.73 Å². The van der Waals surface area contributed by atoms with Gasteiger partial charge in [0.1, 0.15) is 5.82 Å². The molecule has 0 saturated carbocycles. The molecule has 5 heteroatoms. The SMILES string of the molecule is CCC[C@@H](N)C(=O)N1CCC[C@@H](Cc2nccn2C)C1. The van der Waals surface area contributed by atoms with Crippen molar-refractivity contribution in [2.24, 2.45) is 18.7 Å². The first-order chi connectivity index (χ1) is 9.61. The molecule has 1 aromatic heterocycles. The highest BCUT2D eigenvalue weighted by Gasteiger charge is 2.27. The molecular formula is C15H26N4O. The molecule has 1 amide bonds. The lowest BCUT2D eigenvalue weighted by atomic mass is 9.93. The third-order valence-corrected chi connectivity index (χ3v) is 4.14. The summed E-state index contributed by atoms with van der Waals surface area (Å²) < 4.78 is 2.06. The van der Waals surface area contributed by atoms with Crippen molar-refractivity contribution in [3.8, 4) is 0 Å². The van der Waals surface area contributed by atoms with Crippen LogP contribution >= 0.6 is 0 Å². The molecule has 0 bridgehead atoms. The first kappa shape index (κ1) is 15.0. The number of carbonyl (C=O) groups excluding carboxylic acids is 1. The monoisotopic (exact) mass is 278 g/mol. The Morgan fingerprint density at radius 3 is 3.05 bits per heavy atom. The Balaban J connectivity index is 1.91. The van der Waals surface area contributed by atoms with Gasteiger partial charge in [-0.05, 0) is 25.2 Å². The summed E-state index contributed by atoms with van der Waals surface area (Å²) in [5.74, 6) is 1.72. The molecule has 2 heterocycles. The van der Waals surface area contributed by atoms with Gasteiger partial charge in [-0.25, -0.2) is 4.98 Å². The van der Waals surface area contributed by atoms with Gasteiger partial charge in [-0.15, -0.1) is 0 Å². The molecule has 5 nitrogen and oxygen atoms in total. The first-order valence-corrected chi connectivity index (χ1v) is 7.62. The number of hydrogen-bond donors (Lipinski definition) is 1. The van der Waals surface area contributed by atoms with E-state index in [1.165, 1.54) is 6.42 Å². The summed E-state index contributed by atoms with van der Waals surface area (Å²) in [4.78, 5) is 18.6. The fraction of sp³-hybridized carbons (Fsp3) is 0.733. The molecule has 0 aliphatic carbocycles. The van der Waals surface area contributed by atoms with E-state index >= 15 is 0 Å². The lowest BCUT2D eigenvalue weighted by molar-refractivity contribution is -0.134. The van der Waals surface area contributed by atoms with Gasteiger partial charge in [-0.1, -0.05) is 13.3 Å². The van der Waals surface area contributed by atoms with Crippen molar-refractivity contribution in [2.45, 2.75) is 45.1 Å². The van der Waals surface area contributed by atoms with E-state index in [1.54, 1.807) is 0 Å². The highest BCUT2D eigenvalue weighted by atomic mass is 16.2. The summed E-state index contributed by atoms with van der Waals surface area (Å²) in [6.07, 6.45) is 8.71. The average molecular weight is 278 g/mol. The minimum absolute atomic E-state index is 0.122. The summed E-state index contributed by atoms with van der Waals surface area (Å²) in [6, 6.07) is -0.327. The minimum atomic E-state index is -0.327. The van der Waals surface area contributed by atoms with Crippen LogP contribution in [0.15, 0.2) is 12.4 Å². The van der Waals surface area contributed by atoms with Gasteiger partial charge in [0.05, 0.1) is 6.04 Å². The van der Waals surface area contributed by atoms with Crippen molar-refractivity contribution in [1.82, 2.24) is 14.5 Å². The Labute approximate surface area is 121 Å². The van der Waals surface area contributed by atoms with Crippen LogP contribution < -0.4 is 5.73 Å². The molecule has 1 aliphatic rings. The van der Waals surface area contributed by atoms with E-state index in [0.29, 0.717) is 5.92 Å². The van der Waals surface area contributed by atoms with E-state index in [0.717, 1.165) is 44.6 Å². The number of nitrogens with zero attached hydrogens (tertiary/aromatic N) is 3. The zero-order valence-electron chi connectivity index (χ0n) is 12.6. The highest BCUT2D eigenvalue weighted by Crippen LogP contribution is 2.21. The second kappa shape index (κ2) is 6.88. The van der Waals surface area contributed by atoms with Crippen molar-refractivity contribution in [3.05, 3.63) is 18.2 Å². The molecule has 112 valence electrons. The van der Waals surface area contributed by atoms with Gasteiger partial charge in [0.25, 0.3) is 0 Å². The van der Waals surface area contributed by atoms with Crippen LogP contribution in [-0.2, 0) is 18.3 Å². The van der Waals surface area contributed by atoms with Crippen LogP contribution in [0.25, 0.3) is 0 Å². The van der Waals surface area contributed by atoms with Crippen molar-refractivity contribution >= 4 is 5.91 Å². The van der Waals surface area contributed by atoms with Gasteiger partial charge in [-0.3, -0.25) is 4.79 Å². The van der Waals surface area contributed by atoms with Crippen LogP contribution in [0.5, 0.6) is 0 Å². The lowest BCUT2D eigenvalue weighted by Gasteiger charge is -2.34. The molecule has 0 spiro atoms. The Morgan fingerprint density at radius 1 is 1.60 bits per heavy atom. The van der Waals surface area contributed by atoms with Gasteiger partial charge in [0.15, 0.2) is 0 Å². The number of rotatable bonds is 5. The number of imidazole rings is 1. The third-order valence-electron chi connectivity index (χ3n) is 4.14. The Morgan fingerprint density at radius 2 is 2.40 bits per heavy atom. The predicted octanol–water partition coefficient (Wildman–Crippen LogP) is 1.33. The quantitative estimate of drug-likeness (QED) is 0.883. The zero-order valence-corrected chi connectivity index (χ0v) is 12.6. The van der Waals surface area contributed by atoms with Crippen LogP contribution in [0.1, 0.15) is 38.4 Å². The van der Waals surface area contributed by atoms with E-state index in [9.17, 15) is 4.79 Å². The van der Waals surface area contributed by atoms with Gasteiger partial charge >= 0.3 is 0 Å². The number of aryl methyl sites for hydroxylation is 1. The van der Waals surface area contributed by atoms with Crippen LogP contribution in [0.3, 0.4) is 0 Å². The topological polar surface area (TPSA) is 64.2 Å². The number of amides is 1. The fourth-order valence-corrected chi connectivity index (χ4v) is 2.95. The highest BCUT2D eigenvalue weighted by molar-refractivity contribution is 5.81. The zero-order chi connectivity index (χ0) is 14.5. The standard InChI is InChI=1S/C15H26N4O/c1-3-5-13(16)15(20)19-8-4-6-12(11-19)10-14-17-7-9-18(14)2/h7,9,12-13H,3-6,8,10-11,16H2,1-2H3/t12-,13+/m0/s1. The van der Waals surface area contributed by atoms with Gasteiger partial charge in [-0.2, -0.15) is 0 Å². The minimum Gasteiger partial charge on any atom is -0.341 e. The number of aromatic nitrogens is 2. The largest absolute Gasteiger partial charge is 0.341 e. The fourth-order valence-electron chi connectivity index (χ4n) is 2.95. The molecule has 0 radical (unpaired) electrons. The second-order valence-electron chi connectivity index (χ2n) is 5.85. The van der Waals surface area contributed by atoms with Gasteiger partial charge < -0.3 is 15.2 Å². The number of hydrogen-bond acceptors (Lipinski definition) is 3. The van der Waals surface area contributed by atoms with Crippen molar-refractivity contribution in [3.63, 3.8) is 0 Å². The summed E-state index contributed by atoms with van der Waals surface area (Å²) in [7, 11) is 2.02. The van der Waals surface area contributed by atoms with Crippen LogP contribution in [0.2, 0.25) is 0 Å². The molecular weight excluding hydrogens is 252 g/mol. The van der Waals surface area contributed by atoms with Crippen molar-refractivity contribution in [1.29, 1.82) is 0 Å². The molecule has 2 atom stereocenters. The van der Waals surface area contributed by atoms with Gasteiger partial charge in [0, 0.05) is 39.0 Å². The number of likely N-dealkylation sites (tertiary alicyclic amines) is 1. The molecule has 20 heavy (non-hydrogen) atoms. The molecule has 2 rings (SSSR count). The van der Waals surface area contributed by atoms with E-state index in [-0.39, 0.29) is 11.9 Å². The summed E-state index contributed by atoms with van der Waals surface area (Å²) in [6.45, 7) is 3.74. The van der Waals surface area contributed by atoms with E-state index in [2.05, 4.69) is 16.5 Å². The molecule has 1 aliphatic heterocycles. The normalized spacial score (nSPS) is 20.9. The molecule has 0 unspecified atom stereocenters. The van der Waals surface area contributed by atoms with E-state index < -0.39 is 0 Å². The van der Waals surface area contributed by atoms with Crippen LogP contribution in [-0.4, -0.2) is 39.5 Å². The molecule has 0 aromatic carbocycles. The van der Waals surface area contributed by atoms with Crippen molar-refractivity contribution < 1.29 is 4.79 Å². The van der Waals surface area contributed by atoms with Crippen LogP contribution in [0, 0.1) is 5.92 Å². The van der Waals surface area contributed by atoms with E-state index in [1.807, 2.05) is 24.3 Å². The first-order valence-electron chi connectivity index (χ1n) is 7.62. The Hall–Kier alpha value is -1.36. The number of carbonyl (C=O) groups is 1. The number of piperidine rings is 1. The molecule has 2 N–H and O–H groups in total. The van der Waals surface area contributed by atoms with Crippen LogP contribution in [0.4, 0.5) is 0 Å².